The van der Waals surface area contributed by atoms with E-state index < -0.39 is 0 Å². The average Bonchev–Trinajstić information content (AvgIpc) is 3.25. The molecule has 1 aromatic heterocycles. The van der Waals surface area contributed by atoms with E-state index in [1.54, 1.807) is 24.3 Å². The Kier molecular flexibility index (Phi) is 3.84. The van der Waals surface area contributed by atoms with E-state index in [0.29, 0.717) is 17.0 Å². The lowest BCUT2D eigenvalue weighted by molar-refractivity contribution is 0.0457. The summed E-state index contributed by atoms with van der Waals surface area (Å²) in [5.74, 6) is -0.418. The topological polar surface area (TPSA) is 58.2 Å². The van der Waals surface area contributed by atoms with E-state index in [-0.39, 0.29) is 17.1 Å². The fourth-order valence-electron chi connectivity index (χ4n) is 3.76. The first kappa shape index (κ1) is 15.3. The predicted octanol–water partition coefficient (Wildman–Crippen LogP) is 2.86. The highest BCUT2D eigenvalue weighted by Crippen LogP contribution is 2.38. The third-order valence-electron chi connectivity index (χ3n) is 5.09. The van der Waals surface area contributed by atoms with E-state index in [0.717, 1.165) is 45.6 Å². The van der Waals surface area contributed by atoms with Crippen molar-refractivity contribution in [2.75, 3.05) is 26.3 Å². The number of hydrogen-bond acceptors (Lipinski definition) is 3. The summed E-state index contributed by atoms with van der Waals surface area (Å²) in [5.41, 5.74) is 1.37. The van der Waals surface area contributed by atoms with Crippen LogP contribution in [0.15, 0.2) is 30.3 Å². The molecule has 1 spiro atoms. The molecule has 1 aromatic carbocycles. The highest BCUT2D eigenvalue weighted by molar-refractivity contribution is 5.93. The molecule has 24 heavy (non-hydrogen) atoms. The second kappa shape index (κ2) is 6.02. The Hall–Kier alpha value is -2.21. The van der Waals surface area contributed by atoms with Crippen molar-refractivity contribution in [3.05, 3.63) is 41.8 Å². The zero-order valence-electron chi connectivity index (χ0n) is 13.4. The summed E-state index contributed by atoms with van der Waals surface area (Å²) >= 11 is 0. The Morgan fingerprint density at radius 1 is 1.33 bits per heavy atom. The lowest BCUT2D eigenvalue weighted by Crippen LogP contribution is -2.46. The van der Waals surface area contributed by atoms with Crippen molar-refractivity contribution in [1.82, 2.24) is 15.1 Å². The fourth-order valence-corrected chi connectivity index (χ4v) is 3.76. The summed E-state index contributed by atoms with van der Waals surface area (Å²) in [6, 6.07) is 8.07. The van der Waals surface area contributed by atoms with Crippen molar-refractivity contribution >= 4 is 5.91 Å². The SMILES string of the molecule is O=C(c1cc(-c2ccccc2F)n[nH]1)N1CCCC2(CCOC2)C1. The molecule has 1 N–H and O–H groups in total. The number of amides is 1. The molecule has 6 heteroatoms. The molecule has 5 nitrogen and oxygen atoms in total. The first-order valence-corrected chi connectivity index (χ1v) is 8.34. The lowest BCUT2D eigenvalue weighted by Gasteiger charge is -2.39. The Labute approximate surface area is 139 Å². The van der Waals surface area contributed by atoms with Crippen LogP contribution in [0.25, 0.3) is 11.3 Å². The quantitative estimate of drug-likeness (QED) is 0.922. The third kappa shape index (κ3) is 2.71. The molecule has 2 fully saturated rings. The van der Waals surface area contributed by atoms with Gasteiger partial charge in [-0.15, -0.1) is 0 Å². The summed E-state index contributed by atoms with van der Waals surface area (Å²) in [4.78, 5) is 14.7. The smallest absolute Gasteiger partial charge is 0.271 e. The number of aromatic nitrogens is 2. The van der Waals surface area contributed by atoms with Crippen LogP contribution < -0.4 is 0 Å². The van der Waals surface area contributed by atoms with Crippen LogP contribution in [0.1, 0.15) is 29.8 Å². The van der Waals surface area contributed by atoms with E-state index in [1.165, 1.54) is 6.07 Å². The molecule has 2 saturated heterocycles. The molecular weight excluding hydrogens is 309 g/mol. The number of nitrogens with one attached hydrogen (secondary N) is 1. The largest absolute Gasteiger partial charge is 0.381 e. The second-order valence-corrected chi connectivity index (χ2v) is 6.78. The summed E-state index contributed by atoms with van der Waals surface area (Å²) in [6.07, 6.45) is 3.11. The molecule has 3 heterocycles. The Morgan fingerprint density at radius 2 is 2.21 bits per heavy atom. The molecular formula is C18H20FN3O2. The molecule has 0 bridgehead atoms. The number of nitrogens with zero attached hydrogens (tertiary/aromatic N) is 2. The Morgan fingerprint density at radius 3 is 3.00 bits per heavy atom. The average molecular weight is 329 g/mol. The number of halogens is 1. The maximum atomic E-state index is 13.9. The molecule has 126 valence electrons. The standard InChI is InChI=1S/C18H20FN3O2/c19-14-5-2-1-4-13(14)15-10-16(21-20-15)17(23)22-8-3-6-18(11-22)7-9-24-12-18/h1-2,4-5,10H,3,6-9,11-12H2,(H,20,21). The van der Waals surface area contributed by atoms with Gasteiger partial charge in [0.1, 0.15) is 11.5 Å². The number of ether oxygens (including phenoxy) is 1. The number of H-pyrrole nitrogens is 1. The zero-order chi connectivity index (χ0) is 16.6. The van der Waals surface area contributed by atoms with E-state index in [4.69, 9.17) is 4.74 Å². The molecule has 1 unspecified atom stereocenters. The van der Waals surface area contributed by atoms with Crippen LogP contribution in [-0.4, -0.2) is 47.3 Å². The summed E-state index contributed by atoms with van der Waals surface area (Å²) in [7, 11) is 0. The van der Waals surface area contributed by atoms with Gasteiger partial charge in [0, 0.05) is 30.7 Å². The van der Waals surface area contributed by atoms with Crippen molar-refractivity contribution in [2.24, 2.45) is 5.41 Å². The van der Waals surface area contributed by atoms with Gasteiger partial charge < -0.3 is 9.64 Å². The fraction of sp³-hybridized carbons (Fsp3) is 0.444. The van der Waals surface area contributed by atoms with Crippen molar-refractivity contribution in [3.63, 3.8) is 0 Å². The van der Waals surface area contributed by atoms with Crippen LogP contribution in [0.3, 0.4) is 0 Å². The van der Waals surface area contributed by atoms with E-state index in [1.807, 2.05) is 4.90 Å². The lowest BCUT2D eigenvalue weighted by atomic mass is 9.79. The molecule has 2 aromatic rings. The van der Waals surface area contributed by atoms with Crippen molar-refractivity contribution in [1.29, 1.82) is 0 Å². The zero-order valence-corrected chi connectivity index (χ0v) is 13.4. The van der Waals surface area contributed by atoms with Gasteiger partial charge in [0.25, 0.3) is 5.91 Å². The van der Waals surface area contributed by atoms with E-state index in [2.05, 4.69) is 10.2 Å². The minimum atomic E-state index is -0.344. The minimum absolute atomic E-state index is 0.0731. The van der Waals surface area contributed by atoms with Gasteiger partial charge in [0.2, 0.25) is 0 Å². The predicted molar refractivity (Wildman–Crippen MR) is 87.0 cm³/mol. The second-order valence-electron chi connectivity index (χ2n) is 6.78. The van der Waals surface area contributed by atoms with Crippen LogP contribution in [0.4, 0.5) is 4.39 Å². The van der Waals surface area contributed by atoms with E-state index in [9.17, 15) is 9.18 Å². The molecule has 0 radical (unpaired) electrons. The maximum absolute atomic E-state index is 13.9. The number of carbonyl (C=O) groups is 1. The van der Waals surface area contributed by atoms with Gasteiger partial charge in [0.15, 0.2) is 0 Å². The first-order valence-electron chi connectivity index (χ1n) is 8.34. The van der Waals surface area contributed by atoms with Gasteiger partial charge >= 0.3 is 0 Å². The van der Waals surface area contributed by atoms with Crippen LogP contribution in [0.5, 0.6) is 0 Å². The number of benzene rings is 1. The first-order chi connectivity index (χ1) is 11.7. The van der Waals surface area contributed by atoms with Gasteiger partial charge in [-0.25, -0.2) is 4.39 Å². The van der Waals surface area contributed by atoms with Gasteiger partial charge in [-0.1, -0.05) is 12.1 Å². The van der Waals surface area contributed by atoms with Crippen LogP contribution >= 0.6 is 0 Å². The third-order valence-corrected chi connectivity index (χ3v) is 5.09. The van der Waals surface area contributed by atoms with Crippen LogP contribution in [0, 0.1) is 11.2 Å². The van der Waals surface area contributed by atoms with Gasteiger partial charge in [-0.2, -0.15) is 5.10 Å². The number of piperidine rings is 1. The monoisotopic (exact) mass is 329 g/mol. The molecule has 2 aliphatic heterocycles. The molecule has 4 rings (SSSR count). The van der Waals surface area contributed by atoms with Gasteiger partial charge in [-0.3, -0.25) is 9.89 Å². The number of carbonyl (C=O) groups excluding carboxylic acids is 1. The Bertz CT molecular complexity index is 752. The minimum Gasteiger partial charge on any atom is -0.381 e. The maximum Gasteiger partial charge on any atom is 0.271 e. The van der Waals surface area contributed by atoms with Crippen molar-refractivity contribution in [3.8, 4) is 11.3 Å². The van der Waals surface area contributed by atoms with Crippen molar-refractivity contribution < 1.29 is 13.9 Å². The normalized spacial score (nSPS) is 23.8. The van der Waals surface area contributed by atoms with Crippen LogP contribution in [-0.2, 0) is 4.74 Å². The van der Waals surface area contributed by atoms with E-state index >= 15 is 0 Å². The number of aromatic amines is 1. The number of likely N-dealkylation sites (tertiary alicyclic amines) is 1. The highest BCUT2D eigenvalue weighted by Gasteiger charge is 2.40. The summed E-state index contributed by atoms with van der Waals surface area (Å²) in [6.45, 7) is 2.98. The molecule has 0 aliphatic carbocycles. The number of hydrogen-bond donors (Lipinski definition) is 1. The summed E-state index contributed by atoms with van der Waals surface area (Å²) in [5, 5.41) is 6.88. The van der Waals surface area contributed by atoms with Gasteiger partial charge in [0.05, 0.1) is 12.3 Å². The highest BCUT2D eigenvalue weighted by atomic mass is 19.1. The number of rotatable bonds is 2. The molecule has 0 saturated carbocycles. The molecule has 1 amide bonds. The Balaban J connectivity index is 1.54. The van der Waals surface area contributed by atoms with Crippen molar-refractivity contribution in [2.45, 2.75) is 19.3 Å². The van der Waals surface area contributed by atoms with Gasteiger partial charge in [-0.05, 0) is 37.5 Å². The molecule has 2 aliphatic rings. The molecule has 1 atom stereocenters. The van der Waals surface area contributed by atoms with Crippen LogP contribution in [0.2, 0.25) is 0 Å². The summed E-state index contributed by atoms with van der Waals surface area (Å²) < 4.78 is 19.4.